The molecule has 1 aliphatic heterocycles. The third kappa shape index (κ3) is 3.38. The van der Waals surface area contributed by atoms with E-state index in [1.54, 1.807) is 12.1 Å². The van der Waals surface area contributed by atoms with Crippen LogP contribution in [0.5, 0.6) is 5.75 Å². The van der Waals surface area contributed by atoms with Gasteiger partial charge in [-0.05, 0) is 29.7 Å². The first-order chi connectivity index (χ1) is 9.40. The summed E-state index contributed by atoms with van der Waals surface area (Å²) >= 11 is 1.92. The van der Waals surface area contributed by atoms with Crippen LogP contribution < -0.4 is 15.8 Å². The minimum absolute atomic E-state index is 0.144. The molecule has 20 heavy (non-hydrogen) atoms. The van der Waals surface area contributed by atoms with Gasteiger partial charge in [-0.15, -0.1) is 0 Å². The molecule has 1 aromatic carbocycles. The molecule has 1 aliphatic rings. The molecule has 1 unspecified atom stereocenters. The van der Waals surface area contributed by atoms with E-state index in [4.69, 9.17) is 10.5 Å². The molecule has 0 saturated carbocycles. The van der Waals surface area contributed by atoms with Crippen molar-refractivity contribution in [2.24, 2.45) is 11.1 Å². The van der Waals surface area contributed by atoms with E-state index >= 15 is 0 Å². The van der Waals surface area contributed by atoms with Gasteiger partial charge in [0.2, 0.25) is 0 Å². The lowest BCUT2D eigenvalue weighted by Gasteiger charge is -2.45. The third-order valence-electron chi connectivity index (χ3n) is 3.64. The average Bonchev–Trinajstić information content (AvgIpc) is 2.40. The lowest BCUT2D eigenvalue weighted by atomic mass is 9.79. The smallest absolute Gasteiger partial charge is 0.165 e. The highest BCUT2D eigenvalue weighted by Crippen LogP contribution is 2.40. The molecular weight excluding hydrogens is 275 g/mol. The van der Waals surface area contributed by atoms with Crippen LogP contribution in [0, 0.1) is 11.2 Å². The summed E-state index contributed by atoms with van der Waals surface area (Å²) in [4.78, 5) is 0. The Labute approximate surface area is 124 Å². The van der Waals surface area contributed by atoms with Gasteiger partial charge < -0.3 is 15.8 Å². The maximum absolute atomic E-state index is 13.5. The van der Waals surface area contributed by atoms with Crippen molar-refractivity contribution < 1.29 is 9.13 Å². The van der Waals surface area contributed by atoms with Gasteiger partial charge in [-0.3, -0.25) is 0 Å². The van der Waals surface area contributed by atoms with Crippen molar-refractivity contribution in [3.63, 3.8) is 0 Å². The second-order valence-electron chi connectivity index (χ2n) is 6.29. The van der Waals surface area contributed by atoms with E-state index in [0.29, 0.717) is 6.54 Å². The number of thioether (sulfide) groups is 1. The summed E-state index contributed by atoms with van der Waals surface area (Å²) in [7, 11) is 1.47. The topological polar surface area (TPSA) is 47.3 Å². The fourth-order valence-corrected chi connectivity index (χ4v) is 4.29. The number of ether oxygens (including phenoxy) is 1. The molecule has 112 valence electrons. The lowest BCUT2D eigenvalue weighted by molar-refractivity contribution is 0.290. The van der Waals surface area contributed by atoms with Gasteiger partial charge in [-0.2, -0.15) is 11.8 Å². The molecule has 2 rings (SSSR count). The zero-order valence-electron chi connectivity index (χ0n) is 12.3. The normalized spacial score (nSPS) is 25.2. The Balaban J connectivity index is 2.21. The quantitative estimate of drug-likeness (QED) is 0.896. The molecule has 1 aromatic rings. The molecule has 3 N–H and O–H groups in total. The summed E-state index contributed by atoms with van der Waals surface area (Å²) in [6.45, 7) is 5.08. The highest BCUT2D eigenvalue weighted by Gasteiger charge is 2.39. The second kappa shape index (κ2) is 5.82. The van der Waals surface area contributed by atoms with Gasteiger partial charge in [0.1, 0.15) is 0 Å². The number of nitrogens with one attached hydrogen (secondary N) is 1. The number of anilines is 1. The van der Waals surface area contributed by atoms with Crippen LogP contribution in [0.3, 0.4) is 0 Å². The molecule has 0 spiro atoms. The Kier molecular flexibility index (Phi) is 4.49. The van der Waals surface area contributed by atoms with Gasteiger partial charge in [-0.25, -0.2) is 4.39 Å². The van der Waals surface area contributed by atoms with Crippen LogP contribution in [0.1, 0.15) is 20.3 Å². The number of hydrogen-bond acceptors (Lipinski definition) is 4. The molecule has 5 heteroatoms. The lowest BCUT2D eigenvalue weighted by Crippen LogP contribution is -2.53. The predicted molar refractivity (Wildman–Crippen MR) is 84.1 cm³/mol. The van der Waals surface area contributed by atoms with Gasteiger partial charge >= 0.3 is 0 Å². The molecule has 1 saturated heterocycles. The van der Waals surface area contributed by atoms with Crippen LogP contribution in [0.15, 0.2) is 18.2 Å². The summed E-state index contributed by atoms with van der Waals surface area (Å²) < 4.78 is 18.5. The van der Waals surface area contributed by atoms with Gasteiger partial charge in [0.05, 0.1) is 12.6 Å². The van der Waals surface area contributed by atoms with Crippen molar-refractivity contribution in [1.29, 1.82) is 0 Å². The molecule has 0 radical (unpaired) electrons. The maximum atomic E-state index is 13.5. The SMILES string of the molecule is COc1cc(NC2(CN)CSCC(C)(C)C2)ccc1F. The van der Waals surface area contributed by atoms with Crippen molar-refractivity contribution in [1.82, 2.24) is 0 Å². The van der Waals surface area contributed by atoms with E-state index in [1.165, 1.54) is 13.2 Å². The van der Waals surface area contributed by atoms with Gasteiger partial charge in [0.25, 0.3) is 0 Å². The van der Waals surface area contributed by atoms with Crippen molar-refractivity contribution >= 4 is 17.4 Å². The summed E-state index contributed by atoms with van der Waals surface area (Å²) in [5, 5.41) is 3.51. The van der Waals surface area contributed by atoms with Crippen molar-refractivity contribution in [2.45, 2.75) is 25.8 Å². The summed E-state index contributed by atoms with van der Waals surface area (Å²) in [5.41, 5.74) is 6.99. The minimum Gasteiger partial charge on any atom is -0.494 e. The van der Waals surface area contributed by atoms with Crippen molar-refractivity contribution in [3.8, 4) is 5.75 Å². The van der Waals surface area contributed by atoms with E-state index in [-0.39, 0.29) is 22.5 Å². The van der Waals surface area contributed by atoms with E-state index in [2.05, 4.69) is 19.2 Å². The van der Waals surface area contributed by atoms with E-state index < -0.39 is 0 Å². The van der Waals surface area contributed by atoms with Crippen LogP contribution in [0.2, 0.25) is 0 Å². The molecule has 0 bridgehead atoms. The first kappa shape index (κ1) is 15.4. The number of methoxy groups -OCH3 is 1. The first-order valence-electron chi connectivity index (χ1n) is 6.79. The van der Waals surface area contributed by atoms with Crippen molar-refractivity contribution in [3.05, 3.63) is 24.0 Å². The average molecular weight is 298 g/mol. The molecule has 1 heterocycles. The number of benzene rings is 1. The van der Waals surface area contributed by atoms with Crippen molar-refractivity contribution in [2.75, 3.05) is 30.5 Å². The minimum atomic E-state index is -0.349. The second-order valence-corrected chi connectivity index (χ2v) is 7.28. The fourth-order valence-electron chi connectivity index (χ4n) is 2.85. The van der Waals surface area contributed by atoms with Gasteiger partial charge in [0, 0.05) is 24.1 Å². The molecule has 1 fully saturated rings. The Morgan fingerprint density at radius 1 is 1.40 bits per heavy atom. The van der Waals surface area contributed by atoms with Crippen LogP contribution in [0.25, 0.3) is 0 Å². The Morgan fingerprint density at radius 3 is 2.75 bits per heavy atom. The molecule has 0 amide bonds. The number of nitrogens with two attached hydrogens (primary N) is 1. The van der Waals surface area contributed by atoms with E-state index in [0.717, 1.165) is 23.6 Å². The number of halogens is 1. The maximum Gasteiger partial charge on any atom is 0.165 e. The highest BCUT2D eigenvalue weighted by molar-refractivity contribution is 7.99. The van der Waals surface area contributed by atoms with Gasteiger partial charge in [-0.1, -0.05) is 13.8 Å². The zero-order valence-corrected chi connectivity index (χ0v) is 13.1. The Bertz CT molecular complexity index is 481. The largest absolute Gasteiger partial charge is 0.494 e. The number of rotatable bonds is 4. The molecule has 0 aromatic heterocycles. The van der Waals surface area contributed by atoms with E-state index in [9.17, 15) is 4.39 Å². The molecule has 0 aliphatic carbocycles. The Morgan fingerprint density at radius 2 is 2.15 bits per heavy atom. The predicted octanol–water partition coefficient (Wildman–Crippen LogP) is 3.11. The summed E-state index contributed by atoms with van der Waals surface area (Å²) in [6, 6.07) is 4.85. The monoisotopic (exact) mass is 298 g/mol. The van der Waals surface area contributed by atoms with Crippen LogP contribution in [0.4, 0.5) is 10.1 Å². The summed E-state index contributed by atoms with van der Waals surface area (Å²) in [6.07, 6.45) is 1.00. The Hall–Kier alpha value is -0.940. The molecule has 3 nitrogen and oxygen atoms in total. The zero-order chi connectivity index (χ0) is 14.8. The van der Waals surface area contributed by atoms with Crippen LogP contribution in [-0.2, 0) is 0 Å². The van der Waals surface area contributed by atoms with Crippen LogP contribution >= 0.6 is 11.8 Å². The summed E-state index contributed by atoms with van der Waals surface area (Å²) in [5.74, 6) is 2.01. The molecular formula is C15H23FN2OS. The molecule has 1 atom stereocenters. The van der Waals surface area contributed by atoms with Gasteiger partial charge in [0.15, 0.2) is 11.6 Å². The standard InChI is InChI=1S/C15H23FN2OS/c1-14(2)7-15(8-17,10-20-9-14)18-11-4-5-12(16)13(6-11)19-3/h4-6,18H,7-10,17H2,1-3H3. The fraction of sp³-hybridized carbons (Fsp3) is 0.600. The first-order valence-corrected chi connectivity index (χ1v) is 7.95. The highest BCUT2D eigenvalue weighted by atomic mass is 32.2. The number of hydrogen-bond donors (Lipinski definition) is 2. The van der Waals surface area contributed by atoms with E-state index in [1.807, 2.05) is 11.8 Å². The van der Waals surface area contributed by atoms with Crippen LogP contribution in [-0.4, -0.2) is 30.7 Å². The third-order valence-corrected chi connectivity index (χ3v) is 5.38.